The van der Waals surface area contributed by atoms with Gasteiger partial charge in [-0.3, -0.25) is 0 Å². The Balaban J connectivity index is 2.03. The van der Waals surface area contributed by atoms with Gasteiger partial charge < -0.3 is 10.6 Å². The molecule has 0 amide bonds. The highest BCUT2D eigenvalue weighted by atomic mass is 32.2. The highest BCUT2D eigenvalue weighted by molar-refractivity contribution is 8.00. The van der Waals surface area contributed by atoms with Crippen LogP contribution >= 0.6 is 11.8 Å². The van der Waals surface area contributed by atoms with E-state index in [4.69, 9.17) is 0 Å². The Kier molecular flexibility index (Phi) is 3.76. The van der Waals surface area contributed by atoms with Crippen molar-refractivity contribution in [2.24, 2.45) is 0 Å². The molecule has 0 radical (unpaired) electrons. The lowest BCUT2D eigenvalue weighted by atomic mass is 10.3. The zero-order chi connectivity index (χ0) is 12.3. The average molecular weight is 252 g/mol. The molecule has 0 aliphatic heterocycles. The first-order valence-corrected chi connectivity index (χ1v) is 7.28. The van der Waals surface area contributed by atoms with Crippen molar-refractivity contribution in [3.05, 3.63) is 11.9 Å². The molecule has 0 bridgehead atoms. The Morgan fingerprint density at radius 3 is 2.47 bits per heavy atom. The lowest BCUT2D eigenvalue weighted by Crippen LogP contribution is -2.19. The second kappa shape index (κ2) is 5.12. The van der Waals surface area contributed by atoms with Crippen LogP contribution in [0.4, 0.5) is 11.6 Å². The minimum absolute atomic E-state index is 0.454. The fourth-order valence-corrected chi connectivity index (χ4v) is 2.54. The molecule has 1 fully saturated rings. The molecular weight excluding hydrogens is 232 g/mol. The minimum atomic E-state index is 0.454. The van der Waals surface area contributed by atoms with Crippen LogP contribution in [0, 0.1) is 6.92 Å². The van der Waals surface area contributed by atoms with Gasteiger partial charge in [-0.25, -0.2) is 9.97 Å². The number of anilines is 2. The number of aromatic nitrogens is 2. The summed E-state index contributed by atoms with van der Waals surface area (Å²) in [4.78, 5) is 8.56. The van der Waals surface area contributed by atoms with Crippen LogP contribution in [-0.2, 0) is 0 Å². The van der Waals surface area contributed by atoms with Crippen molar-refractivity contribution < 1.29 is 0 Å². The van der Waals surface area contributed by atoms with Crippen LogP contribution in [0.25, 0.3) is 0 Å². The molecule has 94 valence electrons. The molecule has 1 heterocycles. The Hall–Kier alpha value is -0.970. The van der Waals surface area contributed by atoms with Gasteiger partial charge in [-0.15, -0.1) is 0 Å². The van der Waals surface area contributed by atoms with E-state index >= 15 is 0 Å². The van der Waals surface area contributed by atoms with Crippen molar-refractivity contribution in [3.8, 4) is 0 Å². The quantitative estimate of drug-likeness (QED) is 0.815. The third-order valence-corrected chi connectivity index (χ3v) is 4.67. The topological polar surface area (TPSA) is 49.8 Å². The minimum Gasteiger partial charge on any atom is -0.370 e. The van der Waals surface area contributed by atoms with E-state index in [2.05, 4.69) is 40.7 Å². The van der Waals surface area contributed by atoms with Crippen molar-refractivity contribution in [1.29, 1.82) is 0 Å². The summed E-state index contributed by atoms with van der Waals surface area (Å²) in [6, 6.07) is 0. The van der Waals surface area contributed by atoms with Gasteiger partial charge in [-0.1, -0.05) is 0 Å². The Morgan fingerprint density at radius 2 is 1.94 bits per heavy atom. The van der Waals surface area contributed by atoms with Gasteiger partial charge in [0.1, 0.15) is 18.0 Å². The number of thioether (sulfide) groups is 1. The predicted octanol–water partition coefficient (Wildman–Crippen LogP) is 2.52. The third-order valence-electron chi connectivity index (χ3n) is 3.25. The zero-order valence-electron chi connectivity index (χ0n) is 10.7. The summed E-state index contributed by atoms with van der Waals surface area (Å²) in [7, 11) is 0. The molecule has 1 aliphatic rings. The van der Waals surface area contributed by atoms with Crippen LogP contribution in [-0.4, -0.2) is 34.1 Å². The fraction of sp³-hybridized carbons (Fsp3) is 0.667. The summed E-state index contributed by atoms with van der Waals surface area (Å²) in [6.07, 6.45) is 6.42. The van der Waals surface area contributed by atoms with Gasteiger partial charge in [0.05, 0.1) is 0 Å². The van der Waals surface area contributed by atoms with E-state index in [0.29, 0.717) is 4.75 Å². The van der Waals surface area contributed by atoms with Crippen LogP contribution in [0.2, 0.25) is 0 Å². The fourth-order valence-electron chi connectivity index (χ4n) is 1.81. The first-order chi connectivity index (χ1) is 8.21. The monoisotopic (exact) mass is 252 g/mol. The van der Waals surface area contributed by atoms with Crippen LogP contribution in [0.3, 0.4) is 0 Å². The summed E-state index contributed by atoms with van der Waals surface area (Å²) >= 11 is 1.96. The summed E-state index contributed by atoms with van der Waals surface area (Å²) in [6.45, 7) is 6.00. The normalized spacial score (nSPS) is 16.6. The van der Waals surface area contributed by atoms with E-state index in [1.807, 2.05) is 11.8 Å². The lowest BCUT2D eigenvalue weighted by Gasteiger charge is -2.16. The van der Waals surface area contributed by atoms with Gasteiger partial charge in [0.15, 0.2) is 0 Å². The molecule has 1 saturated carbocycles. The van der Waals surface area contributed by atoms with E-state index in [0.717, 1.165) is 30.3 Å². The van der Waals surface area contributed by atoms with Crippen molar-refractivity contribution in [2.45, 2.75) is 31.4 Å². The molecular formula is C12H20N4S. The molecule has 1 aromatic heterocycles. The standard InChI is InChI=1S/C12H20N4S/c1-4-13-10-9(2)11(16-8-15-10)14-7-12(17-3)5-6-12/h8H,4-7H2,1-3H3,(H2,13,14,15,16). The Bertz CT molecular complexity index is 390. The Labute approximate surface area is 107 Å². The molecule has 1 aliphatic carbocycles. The highest BCUT2D eigenvalue weighted by Gasteiger charge is 2.41. The number of hydrogen-bond donors (Lipinski definition) is 2. The van der Waals surface area contributed by atoms with Gasteiger partial charge in [0.2, 0.25) is 0 Å². The maximum Gasteiger partial charge on any atom is 0.134 e. The molecule has 2 rings (SSSR count). The molecule has 0 spiro atoms. The molecule has 0 atom stereocenters. The van der Waals surface area contributed by atoms with Crippen molar-refractivity contribution in [2.75, 3.05) is 30.0 Å². The van der Waals surface area contributed by atoms with Gasteiger partial charge in [-0.05, 0) is 32.9 Å². The lowest BCUT2D eigenvalue weighted by molar-refractivity contribution is 0.932. The Morgan fingerprint density at radius 1 is 1.29 bits per heavy atom. The van der Waals surface area contributed by atoms with Crippen molar-refractivity contribution in [3.63, 3.8) is 0 Å². The van der Waals surface area contributed by atoms with E-state index in [9.17, 15) is 0 Å². The summed E-state index contributed by atoms with van der Waals surface area (Å²) in [5.41, 5.74) is 1.10. The molecule has 5 heteroatoms. The average Bonchev–Trinajstić information content (AvgIpc) is 3.11. The third kappa shape index (κ3) is 2.83. The summed E-state index contributed by atoms with van der Waals surface area (Å²) < 4.78 is 0.454. The first kappa shape index (κ1) is 12.5. The summed E-state index contributed by atoms with van der Waals surface area (Å²) in [5, 5.41) is 6.70. The van der Waals surface area contributed by atoms with Gasteiger partial charge in [0.25, 0.3) is 0 Å². The predicted molar refractivity (Wildman–Crippen MR) is 74.9 cm³/mol. The van der Waals surface area contributed by atoms with Crippen LogP contribution in [0.5, 0.6) is 0 Å². The summed E-state index contributed by atoms with van der Waals surface area (Å²) in [5.74, 6) is 1.88. The van der Waals surface area contributed by atoms with Crippen molar-refractivity contribution in [1.82, 2.24) is 9.97 Å². The second-order valence-corrected chi connectivity index (χ2v) is 5.74. The maximum atomic E-state index is 4.31. The van der Waals surface area contributed by atoms with E-state index < -0.39 is 0 Å². The molecule has 0 aromatic carbocycles. The van der Waals surface area contributed by atoms with Crippen LogP contribution in [0.15, 0.2) is 6.33 Å². The van der Waals surface area contributed by atoms with E-state index in [-0.39, 0.29) is 0 Å². The molecule has 2 N–H and O–H groups in total. The SMILES string of the molecule is CCNc1ncnc(NCC2(SC)CC2)c1C. The van der Waals surface area contributed by atoms with E-state index in [1.54, 1.807) is 6.33 Å². The molecule has 1 aromatic rings. The van der Waals surface area contributed by atoms with E-state index in [1.165, 1.54) is 12.8 Å². The highest BCUT2D eigenvalue weighted by Crippen LogP contribution is 2.47. The van der Waals surface area contributed by atoms with Gasteiger partial charge in [-0.2, -0.15) is 11.8 Å². The van der Waals surface area contributed by atoms with Crippen LogP contribution < -0.4 is 10.6 Å². The van der Waals surface area contributed by atoms with Gasteiger partial charge in [0, 0.05) is 23.4 Å². The number of hydrogen-bond acceptors (Lipinski definition) is 5. The first-order valence-electron chi connectivity index (χ1n) is 6.05. The van der Waals surface area contributed by atoms with Crippen LogP contribution in [0.1, 0.15) is 25.3 Å². The number of rotatable bonds is 6. The zero-order valence-corrected chi connectivity index (χ0v) is 11.5. The smallest absolute Gasteiger partial charge is 0.134 e. The second-order valence-electron chi connectivity index (χ2n) is 4.47. The molecule has 17 heavy (non-hydrogen) atoms. The number of nitrogens with zero attached hydrogens (tertiary/aromatic N) is 2. The largest absolute Gasteiger partial charge is 0.370 e. The van der Waals surface area contributed by atoms with Gasteiger partial charge >= 0.3 is 0 Å². The maximum absolute atomic E-state index is 4.31. The number of nitrogens with one attached hydrogen (secondary N) is 2. The molecule has 4 nitrogen and oxygen atoms in total. The molecule has 0 unspecified atom stereocenters. The molecule has 0 saturated heterocycles. The van der Waals surface area contributed by atoms with Crippen molar-refractivity contribution >= 4 is 23.4 Å².